The van der Waals surface area contributed by atoms with E-state index in [4.69, 9.17) is 10.5 Å². The largest absolute Gasteiger partial charge is 0.366 e. The van der Waals surface area contributed by atoms with Gasteiger partial charge in [-0.2, -0.15) is 4.68 Å². The number of benzene rings is 1. The Balaban J connectivity index is 2.06. The summed E-state index contributed by atoms with van der Waals surface area (Å²) >= 11 is 0. The highest BCUT2D eigenvalue weighted by Crippen LogP contribution is 2.23. The molecular weight excluding hydrogens is 274 g/mol. The van der Waals surface area contributed by atoms with Crippen LogP contribution in [0.2, 0.25) is 0 Å². The lowest BCUT2D eigenvalue weighted by Gasteiger charge is -2.28. The highest BCUT2D eigenvalue weighted by atomic mass is 16.5. The molecule has 0 unspecified atom stereocenters. The van der Waals surface area contributed by atoms with Crippen LogP contribution in [0, 0.1) is 0 Å². The molecule has 1 aliphatic heterocycles. The van der Waals surface area contributed by atoms with E-state index in [1.54, 1.807) is 17.0 Å². The molecule has 0 atom stereocenters. The van der Waals surface area contributed by atoms with Crippen LogP contribution in [0.15, 0.2) is 18.2 Å². The number of aromatic nitrogens is 3. The summed E-state index contributed by atoms with van der Waals surface area (Å²) < 4.78 is 6.50. The molecule has 2 heterocycles. The summed E-state index contributed by atoms with van der Waals surface area (Å²) in [6.45, 7) is 4.47. The fourth-order valence-electron chi connectivity index (χ4n) is 2.28. The zero-order valence-corrected chi connectivity index (χ0v) is 11.7. The number of nitrogens with zero attached hydrogens (tertiary/aromatic N) is 4. The van der Waals surface area contributed by atoms with E-state index in [9.17, 15) is 9.59 Å². The second-order valence-electron chi connectivity index (χ2n) is 5.57. The van der Waals surface area contributed by atoms with E-state index in [1.807, 2.05) is 13.8 Å². The van der Waals surface area contributed by atoms with Gasteiger partial charge in [-0.15, -0.1) is 5.10 Å². The van der Waals surface area contributed by atoms with Crippen LogP contribution in [0.1, 0.15) is 24.2 Å². The van der Waals surface area contributed by atoms with Gasteiger partial charge in [0, 0.05) is 5.56 Å². The summed E-state index contributed by atoms with van der Waals surface area (Å²) in [5.41, 5.74) is 6.11. The number of fused-ring (bicyclic) bond motifs is 1. The number of nitrogens with two attached hydrogens (primary N) is 1. The molecular formula is C13H15N5O3. The van der Waals surface area contributed by atoms with Crippen molar-refractivity contribution >= 4 is 23.0 Å². The van der Waals surface area contributed by atoms with E-state index in [2.05, 4.69) is 10.3 Å². The van der Waals surface area contributed by atoms with Gasteiger partial charge in [-0.3, -0.25) is 9.69 Å². The van der Waals surface area contributed by atoms with Crippen molar-refractivity contribution in [2.24, 2.45) is 5.73 Å². The molecule has 1 aromatic carbocycles. The minimum atomic E-state index is -0.568. The van der Waals surface area contributed by atoms with Crippen LogP contribution in [-0.2, 0) is 4.74 Å². The van der Waals surface area contributed by atoms with E-state index in [1.165, 1.54) is 6.07 Å². The normalized spacial score (nSPS) is 17.3. The fourth-order valence-corrected chi connectivity index (χ4v) is 2.28. The standard InChI is InChI=1S/C13H15N5O3/c1-13(2)6-21-7-17(13)12(20)18-10-5-8(11(14)19)3-4-9(10)15-16-18/h3-5H,6-7H2,1-2H3,(H2,14,19). The van der Waals surface area contributed by atoms with Crippen molar-refractivity contribution < 1.29 is 14.3 Å². The Labute approximate surface area is 120 Å². The van der Waals surface area contributed by atoms with Crippen molar-refractivity contribution in [1.29, 1.82) is 0 Å². The molecule has 110 valence electrons. The molecule has 2 amide bonds. The first-order valence-electron chi connectivity index (χ1n) is 6.45. The molecule has 3 rings (SSSR count). The average molecular weight is 289 g/mol. The van der Waals surface area contributed by atoms with E-state index in [0.717, 1.165) is 4.68 Å². The Kier molecular flexibility index (Phi) is 2.91. The predicted molar refractivity (Wildman–Crippen MR) is 73.6 cm³/mol. The number of ether oxygens (including phenoxy) is 1. The average Bonchev–Trinajstić information content (AvgIpc) is 3.00. The van der Waals surface area contributed by atoms with E-state index < -0.39 is 11.4 Å². The number of amides is 2. The second-order valence-corrected chi connectivity index (χ2v) is 5.57. The molecule has 8 heteroatoms. The molecule has 1 aliphatic rings. The van der Waals surface area contributed by atoms with Gasteiger partial charge in [-0.25, -0.2) is 4.79 Å². The maximum atomic E-state index is 12.6. The summed E-state index contributed by atoms with van der Waals surface area (Å²) in [5.74, 6) is -0.568. The van der Waals surface area contributed by atoms with Crippen LogP contribution in [0.3, 0.4) is 0 Å². The van der Waals surface area contributed by atoms with Crippen molar-refractivity contribution in [3.8, 4) is 0 Å². The maximum Gasteiger partial charge on any atom is 0.349 e. The summed E-state index contributed by atoms with van der Waals surface area (Å²) in [7, 11) is 0. The van der Waals surface area contributed by atoms with Gasteiger partial charge in [0.15, 0.2) is 0 Å². The lowest BCUT2D eigenvalue weighted by Crippen LogP contribution is -2.46. The van der Waals surface area contributed by atoms with Crippen molar-refractivity contribution in [1.82, 2.24) is 19.9 Å². The minimum Gasteiger partial charge on any atom is -0.366 e. The Morgan fingerprint density at radius 3 is 2.76 bits per heavy atom. The van der Waals surface area contributed by atoms with Gasteiger partial charge in [0.1, 0.15) is 17.8 Å². The predicted octanol–water partition coefficient (Wildman–Crippen LogP) is 0.567. The van der Waals surface area contributed by atoms with Crippen LogP contribution in [0.25, 0.3) is 11.0 Å². The van der Waals surface area contributed by atoms with E-state index in [0.29, 0.717) is 23.2 Å². The lowest BCUT2D eigenvalue weighted by atomic mass is 10.1. The summed E-state index contributed by atoms with van der Waals surface area (Å²) in [4.78, 5) is 25.4. The smallest absolute Gasteiger partial charge is 0.349 e. The SMILES string of the molecule is CC1(C)COCN1C(=O)n1nnc2ccc(C(N)=O)cc21. The van der Waals surface area contributed by atoms with Crippen molar-refractivity contribution in [2.75, 3.05) is 13.3 Å². The number of carbonyl (C=O) groups is 2. The number of hydrogen-bond donors (Lipinski definition) is 1. The number of primary amides is 1. The zero-order valence-electron chi connectivity index (χ0n) is 11.7. The number of carbonyl (C=O) groups excluding carboxylic acids is 2. The third kappa shape index (κ3) is 2.13. The Morgan fingerprint density at radius 1 is 1.38 bits per heavy atom. The summed E-state index contributed by atoms with van der Waals surface area (Å²) in [6, 6.07) is 4.33. The molecule has 0 spiro atoms. The van der Waals surface area contributed by atoms with Gasteiger partial charge in [-0.05, 0) is 32.0 Å². The Morgan fingerprint density at radius 2 is 2.14 bits per heavy atom. The molecule has 8 nitrogen and oxygen atoms in total. The van der Waals surface area contributed by atoms with Crippen molar-refractivity contribution in [3.63, 3.8) is 0 Å². The van der Waals surface area contributed by atoms with Crippen molar-refractivity contribution in [3.05, 3.63) is 23.8 Å². The second kappa shape index (κ2) is 4.52. The van der Waals surface area contributed by atoms with Crippen LogP contribution >= 0.6 is 0 Å². The first kappa shape index (κ1) is 13.5. The van der Waals surface area contributed by atoms with Crippen LogP contribution < -0.4 is 5.73 Å². The molecule has 2 aromatic rings. The van der Waals surface area contributed by atoms with Gasteiger partial charge in [0.2, 0.25) is 5.91 Å². The molecule has 1 aromatic heterocycles. The van der Waals surface area contributed by atoms with Crippen LogP contribution in [0.4, 0.5) is 4.79 Å². The quantitative estimate of drug-likeness (QED) is 0.826. The molecule has 21 heavy (non-hydrogen) atoms. The van der Waals surface area contributed by atoms with Crippen LogP contribution in [-0.4, -0.2) is 50.7 Å². The van der Waals surface area contributed by atoms with Gasteiger partial charge in [-0.1, -0.05) is 5.21 Å². The van der Waals surface area contributed by atoms with Gasteiger partial charge in [0.25, 0.3) is 0 Å². The zero-order chi connectivity index (χ0) is 15.2. The minimum absolute atomic E-state index is 0.197. The molecule has 1 saturated heterocycles. The fraction of sp³-hybridized carbons (Fsp3) is 0.385. The summed E-state index contributed by atoms with van der Waals surface area (Å²) in [5, 5.41) is 7.81. The topological polar surface area (TPSA) is 103 Å². The Bertz CT molecular complexity index is 736. The maximum absolute atomic E-state index is 12.6. The first-order valence-corrected chi connectivity index (χ1v) is 6.45. The molecule has 0 bridgehead atoms. The highest BCUT2D eigenvalue weighted by Gasteiger charge is 2.38. The number of rotatable bonds is 1. The molecule has 0 aliphatic carbocycles. The lowest BCUT2D eigenvalue weighted by molar-refractivity contribution is 0.1000. The highest BCUT2D eigenvalue weighted by molar-refractivity contribution is 5.97. The molecule has 0 radical (unpaired) electrons. The van der Waals surface area contributed by atoms with Gasteiger partial charge in [0.05, 0.1) is 12.1 Å². The van der Waals surface area contributed by atoms with Crippen molar-refractivity contribution in [2.45, 2.75) is 19.4 Å². The molecule has 2 N–H and O–H groups in total. The molecule has 1 fully saturated rings. The Hall–Kier alpha value is -2.48. The van der Waals surface area contributed by atoms with Gasteiger partial charge < -0.3 is 10.5 Å². The van der Waals surface area contributed by atoms with Gasteiger partial charge >= 0.3 is 6.03 Å². The third-order valence-corrected chi connectivity index (χ3v) is 3.55. The number of hydrogen-bond acceptors (Lipinski definition) is 5. The van der Waals surface area contributed by atoms with E-state index in [-0.39, 0.29) is 12.8 Å². The summed E-state index contributed by atoms with van der Waals surface area (Å²) in [6.07, 6.45) is 0. The molecule has 0 saturated carbocycles. The van der Waals surface area contributed by atoms with Crippen LogP contribution in [0.5, 0.6) is 0 Å². The first-order chi connectivity index (χ1) is 9.90. The monoisotopic (exact) mass is 289 g/mol. The van der Waals surface area contributed by atoms with E-state index >= 15 is 0 Å². The third-order valence-electron chi connectivity index (χ3n) is 3.55.